The monoisotopic (exact) mass is 524 g/mol. The van der Waals surface area contributed by atoms with E-state index in [9.17, 15) is 9.90 Å². The van der Waals surface area contributed by atoms with Crippen LogP contribution in [0, 0.1) is 0 Å². The molecular weight excluding hydrogens is 491 g/mol. The molecule has 0 fully saturated rings. The number of carbonyl (C=O) groups is 1. The maximum atomic E-state index is 12.4. The second-order valence-corrected chi connectivity index (χ2v) is 8.00. The van der Waals surface area contributed by atoms with Gasteiger partial charge in [-0.1, -0.05) is 42.5 Å². The molecule has 0 saturated carbocycles. The molecule has 2 aromatic rings. The number of benzene rings is 2. The first-order valence-electron chi connectivity index (χ1n) is 9.84. The van der Waals surface area contributed by atoms with Crippen LogP contribution in [0.25, 0.3) is 0 Å². The number of amides is 1. The van der Waals surface area contributed by atoms with Crippen molar-refractivity contribution in [2.75, 3.05) is 20.2 Å². The van der Waals surface area contributed by atoms with E-state index in [1.807, 2.05) is 75.4 Å². The maximum absolute atomic E-state index is 12.4. The van der Waals surface area contributed by atoms with Gasteiger partial charge in [-0.15, -0.1) is 24.0 Å². The molecule has 0 heterocycles. The predicted octanol–water partition coefficient (Wildman–Crippen LogP) is 3.27. The lowest BCUT2D eigenvalue weighted by atomic mass is 10.0. The Morgan fingerprint density at radius 3 is 2.37 bits per heavy atom. The Balaban J connectivity index is 0.00000450. The summed E-state index contributed by atoms with van der Waals surface area (Å²) in [6.45, 7) is 7.03. The van der Waals surface area contributed by atoms with Crippen LogP contribution in [0.15, 0.2) is 59.6 Å². The van der Waals surface area contributed by atoms with Gasteiger partial charge in [0.05, 0.1) is 6.61 Å². The molecule has 0 bridgehead atoms. The minimum Gasteiger partial charge on any atom is -0.396 e. The van der Waals surface area contributed by atoms with Gasteiger partial charge in [-0.25, -0.2) is 0 Å². The highest BCUT2D eigenvalue weighted by Gasteiger charge is 2.15. The Kier molecular flexibility index (Phi) is 10.8. The summed E-state index contributed by atoms with van der Waals surface area (Å²) in [5, 5.41) is 19.2. The van der Waals surface area contributed by atoms with Crippen LogP contribution in [0.3, 0.4) is 0 Å². The van der Waals surface area contributed by atoms with Crippen molar-refractivity contribution in [3.8, 4) is 0 Å². The van der Waals surface area contributed by atoms with Crippen LogP contribution in [0.2, 0.25) is 0 Å². The summed E-state index contributed by atoms with van der Waals surface area (Å²) >= 11 is 0. The Bertz CT molecular complexity index is 819. The third-order valence-corrected chi connectivity index (χ3v) is 4.37. The first-order chi connectivity index (χ1) is 13.8. The van der Waals surface area contributed by atoms with Crippen molar-refractivity contribution in [1.82, 2.24) is 16.0 Å². The minimum atomic E-state index is -0.278. The average Bonchev–Trinajstić information content (AvgIpc) is 2.70. The van der Waals surface area contributed by atoms with Crippen LogP contribution in [0.5, 0.6) is 0 Å². The zero-order chi connectivity index (χ0) is 21.3. The van der Waals surface area contributed by atoms with Gasteiger partial charge in [0.25, 0.3) is 5.91 Å². The third-order valence-electron chi connectivity index (χ3n) is 4.37. The van der Waals surface area contributed by atoms with Crippen molar-refractivity contribution in [3.05, 3.63) is 71.3 Å². The van der Waals surface area contributed by atoms with Crippen molar-refractivity contribution >= 4 is 35.8 Å². The van der Waals surface area contributed by atoms with E-state index in [4.69, 9.17) is 0 Å². The van der Waals surface area contributed by atoms with E-state index >= 15 is 0 Å². The molecule has 2 aromatic carbocycles. The van der Waals surface area contributed by atoms with E-state index in [2.05, 4.69) is 20.9 Å². The van der Waals surface area contributed by atoms with Crippen LogP contribution in [-0.2, 0) is 6.54 Å². The molecule has 0 radical (unpaired) electrons. The maximum Gasteiger partial charge on any atom is 0.251 e. The molecule has 1 atom stereocenters. The van der Waals surface area contributed by atoms with E-state index in [0.29, 0.717) is 24.6 Å². The fraction of sp³-hybridized carbons (Fsp3) is 0.391. The molecule has 2 rings (SSSR count). The molecule has 164 valence electrons. The van der Waals surface area contributed by atoms with Gasteiger partial charge < -0.3 is 21.1 Å². The fourth-order valence-corrected chi connectivity index (χ4v) is 2.87. The second kappa shape index (κ2) is 12.5. The molecule has 6 nitrogen and oxygen atoms in total. The smallest absolute Gasteiger partial charge is 0.251 e. The van der Waals surface area contributed by atoms with E-state index < -0.39 is 0 Å². The number of halogens is 1. The van der Waals surface area contributed by atoms with Gasteiger partial charge in [-0.3, -0.25) is 9.79 Å². The van der Waals surface area contributed by atoms with Gasteiger partial charge in [0.2, 0.25) is 0 Å². The van der Waals surface area contributed by atoms with Gasteiger partial charge in [-0.2, -0.15) is 0 Å². The zero-order valence-corrected chi connectivity index (χ0v) is 20.4. The van der Waals surface area contributed by atoms with Crippen LogP contribution >= 0.6 is 24.0 Å². The summed E-state index contributed by atoms with van der Waals surface area (Å²) in [7, 11) is 1.71. The zero-order valence-electron chi connectivity index (χ0n) is 18.1. The molecule has 7 heteroatoms. The van der Waals surface area contributed by atoms with Gasteiger partial charge in [0.1, 0.15) is 0 Å². The highest BCUT2D eigenvalue weighted by molar-refractivity contribution is 14.0. The number of nitrogens with zero attached hydrogens (tertiary/aromatic N) is 1. The van der Waals surface area contributed by atoms with E-state index in [1.165, 1.54) is 0 Å². The van der Waals surface area contributed by atoms with E-state index in [0.717, 1.165) is 11.1 Å². The van der Waals surface area contributed by atoms with E-state index in [-0.39, 0.29) is 47.9 Å². The lowest BCUT2D eigenvalue weighted by Gasteiger charge is -2.21. The fourth-order valence-electron chi connectivity index (χ4n) is 2.87. The van der Waals surface area contributed by atoms with Crippen LogP contribution in [0.4, 0.5) is 0 Å². The number of carbonyl (C=O) groups excluding carboxylic acids is 1. The van der Waals surface area contributed by atoms with Gasteiger partial charge in [-0.05, 0) is 44.0 Å². The van der Waals surface area contributed by atoms with Crippen molar-refractivity contribution in [2.24, 2.45) is 4.99 Å². The molecule has 0 aliphatic heterocycles. The average molecular weight is 524 g/mol. The largest absolute Gasteiger partial charge is 0.396 e. The van der Waals surface area contributed by atoms with Gasteiger partial charge in [0, 0.05) is 37.2 Å². The summed E-state index contributed by atoms with van der Waals surface area (Å²) in [4.78, 5) is 16.6. The van der Waals surface area contributed by atoms with Crippen LogP contribution in [-0.4, -0.2) is 42.7 Å². The summed E-state index contributed by atoms with van der Waals surface area (Å²) in [6.07, 6.45) is 0. The Morgan fingerprint density at radius 1 is 1.07 bits per heavy atom. The van der Waals surface area contributed by atoms with Crippen molar-refractivity contribution < 1.29 is 9.90 Å². The molecular formula is C23H33IN4O2. The summed E-state index contributed by atoms with van der Waals surface area (Å²) < 4.78 is 0. The first-order valence-corrected chi connectivity index (χ1v) is 9.84. The number of aliphatic hydroxyl groups is 1. The summed E-state index contributed by atoms with van der Waals surface area (Å²) in [5.74, 6) is 0.540. The van der Waals surface area contributed by atoms with Crippen molar-refractivity contribution in [1.29, 1.82) is 0 Å². The summed E-state index contributed by atoms with van der Waals surface area (Å²) in [5.41, 5.74) is 2.41. The SMILES string of the molecule is CN=C(NCc1cccc(C(=O)NC(C)(C)C)c1)NCC(CO)c1ccccc1.I. The van der Waals surface area contributed by atoms with Crippen molar-refractivity contribution in [3.63, 3.8) is 0 Å². The third kappa shape index (κ3) is 8.71. The molecule has 30 heavy (non-hydrogen) atoms. The highest BCUT2D eigenvalue weighted by atomic mass is 127. The number of aliphatic hydroxyl groups excluding tert-OH is 1. The Labute approximate surface area is 196 Å². The van der Waals surface area contributed by atoms with Crippen LogP contribution < -0.4 is 16.0 Å². The number of rotatable bonds is 7. The molecule has 0 aromatic heterocycles. The van der Waals surface area contributed by atoms with Gasteiger partial charge >= 0.3 is 0 Å². The predicted molar refractivity (Wildman–Crippen MR) is 134 cm³/mol. The number of hydrogen-bond donors (Lipinski definition) is 4. The number of aliphatic imine (C=N–C) groups is 1. The standard InChI is InChI=1S/C23H32N4O2.HI/c1-23(2,3)27-21(29)19-12-8-9-17(13-19)14-25-22(24-4)26-15-20(16-28)18-10-6-5-7-11-18;/h5-13,20,28H,14-16H2,1-4H3,(H,27,29)(H2,24,25,26);1H. The normalized spacial score (nSPS) is 12.5. The van der Waals surface area contributed by atoms with Crippen molar-refractivity contribution in [2.45, 2.75) is 38.8 Å². The van der Waals surface area contributed by atoms with Crippen LogP contribution in [0.1, 0.15) is 48.2 Å². The Morgan fingerprint density at radius 2 is 1.77 bits per heavy atom. The van der Waals surface area contributed by atoms with E-state index in [1.54, 1.807) is 7.05 Å². The first kappa shape index (κ1) is 25.9. The molecule has 1 unspecified atom stereocenters. The number of hydrogen-bond acceptors (Lipinski definition) is 3. The summed E-state index contributed by atoms with van der Waals surface area (Å²) in [6, 6.07) is 17.4. The molecule has 0 aliphatic rings. The minimum absolute atomic E-state index is 0. The molecule has 4 N–H and O–H groups in total. The quantitative estimate of drug-likeness (QED) is 0.255. The second-order valence-electron chi connectivity index (χ2n) is 8.00. The number of guanidine groups is 1. The molecule has 0 saturated heterocycles. The lowest BCUT2D eigenvalue weighted by Crippen LogP contribution is -2.40. The molecule has 0 aliphatic carbocycles. The highest BCUT2D eigenvalue weighted by Crippen LogP contribution is 2.13. The Hall–Kier alpha value is -2.13. The molecule has 0 spiro atoms. The number of nitrogens with one attached hydrogen (secondary N) is 3. The lowest BCUT2D eigenvalue weighted by molar-refractivity contribution is 0.0919. The van der Waals surface area contributed by atoms with Gasteiger partial charge in [0.15, 0.2) is 5.96 Å². The molecule has 1 amide bonds. The topological polar surface area (TPSA) is 85.8 Å².